The number of rotatable bonds is 7. The number of aromatic nitrogens is 3. The van der Waals surface area contributed by atoms with Gasteiger partial charge in [0.2, 0.25) is 0 Å². The summed E-state index contributed by atoms with van der Waals surface area (Å²) in [6, 6.07) is 11.3. The van der Waals surface area contributed by atoms with Crippen LogP contribution in [0.3, 0.4) is 0 Å². The van der Waals surface area contributed by atoms with Crippen LogP contribution < -0.4 is 11.3 Å². The third-order valence-electron chi connectivity index (χ3n) is 5.28. The van der Waals surface area contributed by atoms with Gasteiger partial charge in [0.25, 0.3) is 11.5 Å². The van der Waals surface area contributed by atoms with Crippen molar-refractivity contribution in [2.75, 3.05) is 0 Å². The number of nitrogens with two attached hydrogens (primary N) is 1. The summed E-state index contributed by atoms with van der Waals surface area (Å²) in [6.07, 6.45) is 3.02. The highest BCUT2D eigenvalue weighted by molar-refractivity contribution is 5.98. The number of benzene rings is 1. The van der Waals surface area contributed by atoms with E-state index in [4.69, 9.17) is 5.73 Å². The first-order valence-corrected chi connectivity index (χ1v) is 10.2. The van der Waals surface area contributed by atoms with Crippen LogP contribution in [0.15, 0.2) is 65.8 Å². The van der Waals surface area contributed by atoms with Gasteiger partial charge in [-0.25, -0.2) is 4.39 Å². The van der Waals surface area contributed by atoms with Crippen molar-refractivity contribution in [3.8, 4) is 0 Å². The summed E-state index contributed by atoms with van der Waals surface area (Å²) in [5.74, 6) is -1.32. The molecule has 0 fully saturated rings. The second kappa shape index (κ2) is 9.27. The van der Waals surface area contributed by atoms with E-state index >= 15 is 0 Å². The molecule has 4 N–H and O–H groups in total. The van der Waals surface area contributed by atoms with Gasteiger partial charge in [0.15, 0.2) is 6.29 Å². The Kier molecular flexibility index (Phi) is 6.25. The molecule has 0 radical (unpaired) electrons. The molecule has 0 aliphatic rings. The molecule has 33 heavy (non-hydrogen) atoms. The van der Waals surface area contributed by atoms with Gasteiger partial charge in [-0.05, 0) is 47.4 Å². The zero-order valence-corrected chi connectivity index (χ0v) is 17.5. The minimum absolute atomic E-state index is 0.0771. The predicted molar refractivity (Wildman–Crippen MR) is 119 cm³/mol. The van der Waals surface area contributed by atoms with E-state index in [0.29, 0.717) is 11.9 Å². The van der Waals surface area contributed by atoms with E-state index in [9.17, 15) is 24.2 Å². The van der Waals surface area contributed by atoms with Gasteiger partial charge in [-0.3, -0.25) is 19.6 Å². The van der Waals surface area contributed by atoms with E-state index in [1.807, 2.05) is 0 Å². The average Bonchev–Trinajstić information content (AvgIpc) is 2.78. The van der Waals surface area contributed by atoms with Crippen molar-refractivity contribution < 1.29 is 19.4 Å². The Labute approximate surface area is 187 Å². The number of hydrogen-bond donors (Lipinski definition) is 3. The highest BCUT2D eigenvalue weighted by atomic mass is 19.1. The second-order valence-electron chi connectivity index (χ2n) is 7.67. The first kappa shape index (κ1) is 22.3. The number of primary amides is 1. The summed E-state index contributed by atoms with van der Waals surface area (Å²) in [7, 11) is 0. The van der Waals surface area contributed by atoms with Crippen molar-refractivity contribution in [1.29, 1.82) is 0 Å². The highest BCUT2D eigenvalue weighted by Gasteiger charge is 2.23. The van der Waals surface area contributed by atoms with Crippen molar-refractivity contribution in [2.45, 2.75) is 25.7 Å². The summed E-state index contributed by atoms with van der Waals surface area (Å²) in [5, 5.41) is 19.1. The number of fused-ring (bicyclic) bond motifs is 1. The lowest BCUT2D eigenvalue weighted by atomic mass is 10.0. The lowest BCUT2D eigenvalue weighted by molar-refractivity contribution is -0.0380. The molecule has 0 aliphatic carbocycles. The van der Waals surface area contributed by atoms with Crippen LogP contribution in [0.1, 0.15) is 32.6 Å². The zero-order chi connectivity index (χ0) is 23.5. The maximum Gasteiger partial charge on any atom is 0.264 e. The van der Waals surface area contributed by atoms with Gasteiger partial charge in [0.1, 0.15) is 11.4 Å². The molecule has 8 nitrogen and oxygen atoms in total. The molecule has 0 aliphatic heterocycles. The highest BCUT2D eigenvalue weighted by Crippen LogP contribution is 2.23. The molecule has 0 bridgehead atoms. The minimum atomic E-state index is -1.81. The van der Waals surface area contributed by atoms with Gasteiger partial charge in [-0.15, -0.1) is 0 Å². The normalized spacial score (nSPS) is 11.3. The maximum atomic E-state index is 13.3. The van der Waals surface area contributed by atoms with E-state index in [1.165, 1.54) is 16.7 Å². The number of carbonyl (C=O) groups is 1. The second-order valence-corrected chi connectivity index (χ2v) is 7.67. The third kappa shape index (κ3) is 4.79. The van der Waals surface area contributed by atoms with Gasteiger partial charge in [-0.1, -0.05) is 18.2 Å². The van der Waals surface area contributed by atoms with Crippen LogP contribution in [0.25, 0.3) is 11.0 Å². The van der Waals surface area contributed by atoms with Gasteiger partial charge in [0, 0.05) is 30.6 Å². The van der Waals surface area contributed by atoms with Crippen LogP contribution in [0.4, 0.5) is 4.39 Å². The topological polar surface area (TPSA) is 131 Å². The molecule has 1 aromatic carbocycles. The van der Waals surface area contributed by atoms with Crippen molar-refractivity contribution in [3.05, 3.63) is 105 Å². The van der Waals surface area contributed by atoms with Crippen LogP contribution in [-0.2, 0) is 19.4 Å². The van der Waals surface area contributed by atoms with E-state index in [1.54, 1.807) is 48.9 Å². The SMILES string of the molecule is NC(=O)c1c(CC(O)O)c2ncc(Cc3ccc(F)cc3)cc2n(Cc2cccnc2)c1=O. The largest absolute Gasteiger partial charge is 0.368 e. The van der Waals surface area contributed by atoms with Crippen LogP contribution in [0.2, 0.25) is 0 Å². The molecule has 1 amide bonds. The van der Waals surface area contributed by atoms with Crippen LogP contribution in [0.5, 0.6) is 0 Å². The molecule has 4 aromatic rings. The number of halogens is 1. The van der Waals surface area contributed by atoms with E-state index < -0.39 is 17.8 Å². The zero-order valence-electron chi connectivity index (χ0n) is 17.5. The molecular formula is C24H21FN4O4. The van der Waals surface area contributed by atoms with Crippen molar-refractivity contribution in [1.82, 2.24) is 14.5 Å². The standard InChI is InChI=1S/C24H21FN4O4/c25-17-5-3-14(4-6-17)8-16-9-19-22(28-12-16)18(10-20(30)31)21(23(26)32)24(33)29(19)13-15-2-1-7-27-11-15/h1-7,9,11-12,20,30-31H,8,10,13H2,(H2,26,32). The number of nitrogens with zero attached hydrogens (tertiary/aromatic N) is 3. The molecule has 3 heterocycles. The van der Waals surface area contributed by atoms with E-state index in [-0.39, 0.29) is 35.4 Å². The Morgan fingerprint density at radius 3 is 2.48 bits per heavy atom. The Morgan fingerprint density at radius 2 is 1.85 bits per heavy atom. The first-order valence-electron chi connectivity index (χ1n) is 10.2. The fourth-order valence-electron chi connectivity index (χ4n) is 3.83. The maximum absolute atomic E-state index is 13.3. The number of pyridine rings is 3. The molecule has 0 spiro atoms. The van der Waals surface area contributed by atoms with Crippen molar-refractivity contribution in [2.24, 2.45) is 5.73 Å². The fraction of sp³-hybridized carbons (Fsp3) is 0.167. The van der Waals surface area contributed by atoms with Crippen LogP contribution in [-0.4, -0.2) is 36.9 Å². The molecule has 3 aromatic heterocycles. The monoisotopic (exact) mass is 448 g/mol. The first-order chi connectivity index (χ1) is 15.8. The Bertz CT molecular complexity index is 1370. The van der Waals surface area contributed by atoms with Gasteiger partial charge in [-0.2, -0.15) is 0 Å². The summed E-state index contributed by atoms with van der Waals surface area (Å²) >= 11 is 0. The van der Waals surface area contributed by atoms with Crippen LogP contribution in [0, 0.1) is 5.82 Å². The summed E-state index contributed by atoms with van der Waals surface area (Å²) in [5.41, 5.74) is 7.57. The molecule has 4 rings (SSSR count). The third-order valence-corrected chi connectivity index (χ3v) is 5.28. The summed E-state index contributed by atoms with van der Waals surface area (Å²) < 4.78 is 14.6. The number of hydrogen-bond acceptors (Lipinski definition) is 6. The van der Waals surface area contributed by atoms with Gasteiger partial charge >= 0.3 is 0 Å². The number of carbonyl (C=O) groups excluding carboxylic acids is 1. The minimum Gasteiger partial charge on any atom is -0.368 e. The molecule has 168 valence electrons. The van der Waals surface area contributed by atoms with Crippen molar-refractivity contribution >= 4 is 16.9 Å². The lowest BCUT2D eigenvalue weighted by Crippen LogP contribution is -2.33. The van der Waals surface area contributed by atoms with Crippen molar-refractivity contribution in [3.63, 3.8) is 0 Å². The average molecular weight is 448 g/mol. The smallest absolute Gasteiger partial charge is 0.264 e. The molecule has 0 saturated carbocycles. The van der Waals surface area contributed by atoms with Crippen LogP contribution >= 0.6 is 0 Å². The molecule has 0 saturated heterocycles. The predicted octanol–water partition coefficient (Wildman–Crippen LogP) is 1.52. The lowest BCUT2D eigenvalue weighted by Gasteiger charge is -2.17. The van der Waals surface area contributed by atoms with E-state index in [0.717, 1.165) is 16.7 Å². The summed E-state index contributed by atoms with van der Waals surface area (Å²) in [4.78, 5) is 34.1. The molecule has 9 heteroatoms. The molecule has 0 atom stereocenters. The number of amides is 1. The quantitative estimate of drug-likeness (QED) is 0.368. The molecular weight excluding hydrogens is 427 g/mol. The Hall–Kier alpha value is -3.95. The van der Waals surface area contributed by atoms with E-state index in [2.05, 4.69) is 9.97 Å². The Balaban J connectivity index is 1.94. The molecule has 0 unspecified atom stereocenters. The summed E-state index contributed by atoms with van der Waals surface area (Å²) in [6.45, 7) is 0.104. The fourth-order valence-corrected chi connectivity index (χ4v) is 3.83. The number of aliphatic hydroxyl groups is 2. The van der Waals surface area contributed by atoms with Gasteiger partial charge < -0.3 is 20.5 Å². The van der Waals surface area contributed by atoms with Gasteiger partial charge in [0.05, 0.1) is 17.6 Å². The number of aliphatic hydroxyl groups excluding tert-OH is 1. The Morgan fingerprint density at radius 1 is 1.09 bits per heavy atom.